The molecule has 0 amide bonds. The summed E-state index contributed by atoms with van der Waals surface area (Å²) in [5.41, 5.74) is 1.50. The lowest BCUT2D eigenvalue weighted by atomic mass is 10.2. The molecule has 0 aliphatic rings. The summed E-state index contributed by atoms with van der Waals surface area (Å²) in [6.07, 6.45) is 1.83. The van der Waals surface area contributed by atoms with E-state index in [0.717, 1.165) is 22.6 Å². The number of thiazole rings is 1. The number of ether oxygens (including phenoxy) is 2. The van der Waals surface area contributed by atoms with Crippen molar-refractivity contribution in [2.75, 3.05) is 7.11 Å². The molecule has 0 aliphatic carbocycles. The Morgan fingerprint density at radius 1 is 0.903 bits per heavy atom. The molecule has 0 fully saturated rings. The summed E-state index contributed by atoms with van der Waals surface area (Å²) in [5, 5.41) is 4.39. The van der Waals surface area contributed by atoms with Crippen LogP contribution in [-0.4, -0.2) is 21.7 Å². The van der Waals surface area contributed by atoms with Crippen molar-refractivity contribution in [1.82, 2.24) is 14.6 Å². The van der Waals surface area contributed by atoms with Gasteiger partial charge in [0.15, 0.2) is 5.82 Å². The third-order valence-corrected chi connectivity index (χ3v) is 5.62. The van der Waals surface area contributed by atoms with E-state index in [4.69, 9.17) is 9.47 Å². The molecular weight excluding hydrogens is 410 g/mol. The van der Waals surface area contributed by atoms with Crippen LogP contribution >= 0.6 is 11.3 Å². The predicted molar refractivity (Wildman–Crippen MR) is 121 cm³/mol. The van der Waals surface area contributed by atoms with E-state index in [1.165, 1.54) is 15.9 Å². The zero-order valence-electron chi connectivity index (χ0n) is 16.6. The summed E-state index contributed by atoms with van der Waals surface area (Å²) < 4.78 is 13.0. The van der Waals surface area contributed by atoms with Crippen molar-refractivity contribution < 1.29 is 9.47 Å². The van der Waals surface area contributed by atoms with E-state index in [-0.39, 0.29) is 5.56 Å². The molecule has 0 radical (unpaired) electrons. The third kappa shape index (κ3) is 3.91. The van der Waals surface area contributed by atoms with Crippen LogP contribution in [0.25, 0.3) is 22.4 Å². The van der Waals surface area contributed by atoms with Crippen molar-refractivity contribution in [3.05, 3.63) is 99.3 Å². The average Bonchev–Trinajstić information content (AvgIpc) is 3.34. The maximum Gasteiger partial charge on any atom is 0.291 e. The molecule has 152 valence electrons. The molecule has 7 heteroatoms. The smallest absolute Gasteiger partial charge is 0.291 e. The Bertz CT molecular complexity index is 1460. The summed E-state index contributed by atoms with van der Waals surface area (Å²) in [4.78, 5) is 17.9. The SMILES string of the molecule is COc1ccc(-c2nc3s/c(=C\c4cccc(Oc5ccccc5)c4)c(=O)n3n2)cc1. The number of hydrogen-bond donors (Lipinski definition) is 0. The van der Waals surface area contributed by atoms with Gasteiger partial charge in [-0.05, 0) is 60.2 Å². The number of aromatic nitrogens is 3. The first-order chi connectivity index (χ1) is 15.2. The average molecular weight is 427 g/mol. The zero-order chi connectivity index (χ0) is 21.2. The van der Waals surface area contributed by atoms with Gasteiger partial charge >= 0.3 is 0 Å². The van der Waals surface area contributed by atoms with Crippen LogP contribution in [0.15, 0.2) is 83.7 Å². The standard InChI is InChI=1S/C24H17N3O3S/c1-29-18-12-10-17(11-13-18)22-25-24-27(26-22)23(28)21(31-24)15-16-6-5-9-20(14-16)30-19-7-3-2-4-8-19/h2-15H,1H3/b21-15-. The molecule has 0 aliphatic heterocycles. The normalized spacial score (nSPS) is 11.7. The highest BCUT2D eigenvalue weighted by Gasteiger charge is 2.12. The lowest BCUT2D eigenvalue weighted by molar-refractivity contribution is 0.415. The zero-order valence-corrected chi connectivity index (χ0v) is 17.4. The van der Waals surface area contributed by atoms with Gasteiger partial charge in [0.1, 0.15) is 17.2 Å². The van der Waals surface area contributed by atoms with Crippen LogP contribution in [0.4, 0.5) is 0 Å². The van der Waals surface area contributed by atoms with Gasteiger partial charge in [0.2, 0.25) is 4.96 Å². The highest BCUT2D eigenvalue weighted by atomic mass is 32.1. The number of hydrogen-bond acceptors (Lipinski definition) is 6. The Morgan fingerprint density at radius 2 is 1.68 bits per heavy atom. The van der Waals surface area contributed by atoms with E-state index in [1.54, 1.807) is 7.11 Å². The minimum absolute atomic E-state index is 0.193. The molecule has 0 N–H and O–H groups in total. The van der Waals surface area contributed by atoms with Gasteiger partial charge in [-0.3, -0.25) is 4.79 Å². The van der Waals surface area contributed by atoms with Gasteiger partial charge in [-0.25, -0.2) is 0 Å². The molecule has 0 spiro atoms. The van der Waals surface area contributed by atoms with Crippen molar-refractivity contribution in [3.63, 3.8) is 0 Å². The summed E-state index contributed by atoms with van der Waals surface area (Å²) in [6.45, 7) is 0. The number of nitrogens with zero attached hydrogens (tertiary/aromatic N) is 3. The highest BCUT2D eigenvalue weighted by molar-refractivity contribution is 7.15. The van der Waals surface area contributed by atoms with Gasteiger partial charge in [0.25, 0.3) is 5.56 Å². The fourth-order valence-corrected chi connectivity index (χ4v) is 4.05. The first-order valence-corrected chi connectivity index (χ1v) is 10.4. The van der Waals surface area contributed by atoms with E-state index in [0.29, 0.717) is 21.1 Å². The Labute approximate surface area is 181 Å². The molecule has 3 aromatic carbocycles. The van der Waals surface area contributed by atoms with Crippen LogP contribution in [-0.2, 0) is 0 Å². The number of methoxy groups -OCH3 is 1. The van der Waals surface area contributed by atoms with Crippen LogP contribution in [0.1, 0.15) is 5.56 Å². The van der Waals surface area contributed by atoms with Crippen LogP contribution in [0, 0.1) is 0 Å². The van der Waals surface area contributed by atoms with Gasteiger partial charge in [0, 0.05) is 5.56 Å². The van der Waals surface area contributed by atoms with Crippen molar-refractivity contribution in [1.29, 1.82) is 0 Å². The molecule has 0 atom stereocenters. The summed E-state index contributed by atoms with van der Waals surface area (Å²) >= 11 is 1.31. The molecule has 31 heavy (non-hydrogen) atoms. The Kier molecular flexibility index (Phi) is 4.93. The predicted octanol–water partition coefficient (Wildman–Crippen LogP) is 4.17. The van der Waals surface area contributed by atoms with Crippen LogP contribution in [0.2, 0.25) is 0 Å². The molecule has 0 bridgehead atoms. The van der Waals surface area contributed by atoms with E-state index >= 15 is 0 Å². The van der Waals surface area contributed by atoms with E-state index in [9.17, 15) is 4.79 Å². The monoisotopic (exact) mass is 427 g/mol. The first-order valence-electron chi connectivity index (χ1n) is 9.58. The quantitative estimate of drug-likeness (QED) is 0.421. The van der Waals surface area contributed by atoms with Crippen molar-refractivity contribution in [2.24, 2.45) is 0 Å². The van der Waals surface area contributed by atoms with Crippen molar-refractivity contribution in [2.45, 2.75) is 0 Å². The summed E-state index contributed by atoms with van der Waals surface area (Å²) in [7, 11) is 1.62. The molecule has 6 nitrogen and oxygen atoms in total. The Hall–Kier alpha value is -3.97. The minimum atomic E-state index is -0.193. The van der Waals surface area contributed by atoms with Crippen LogP contribution in [0.3, 0.4) is 0 Å². The third-order valence-electron chi connectivity index (χ3n) is 4.66. The molecule has 0 saturated heterocycles. The first kappa shape index (κ1) is 19.0. The second-order valence-electron chi connectivity index (χ2n) is 6.76. The molecular formula is C24H17N3O3S. The molecule has 2 aromatic heterocycles. The topological polar surface area (TPSA) is 65.7 Å². The molecule has 5 rings (SSSR count). The van der Waals surface area contributed by atoms with Gasteiger partial charge in [-0.2, -0.15) is 9.50 Å². The number of para-hydroxylation sites is 1. The fourth-order valence-electron chi connectivity index (χ4n) is 3.14. The minimum Gasteiger partial charge on any atom is -0.497 e. The van der Waals surface area contributed by atoms with Crippen LogP contribution in [0.5, 0.6) is 17.2 Å². The summed E-state index contributed by atoms with van der Waals surface area (Å²) in [5.74, 6) is 2.73. The molecule has 2 heterocycles. The molecule has 0 unspecified atom stereocenters. The highest BCUT2D eigenvalue weighted by Crippen LogP contribution is 2.22. The maximum absolute atomic E-state index is 12.8. The van der Waals surface area contributed by atoms with Gasteiger partial charge in [-0.15, -0.1) is 5.10 Å². The van der Waals surface area contributed by atoms with Crippen LogP contribution < -0.4 is 19.6 Å². The molecule has 5 aromatic rings. The van der Waals surface area contributed by atoms with E-state index < -0.39 is 0 Å². The van der Waals surface area contributed by atoms with Crippen molar-refractivity contribution >= 4 is 22.4 Å². The van der Waals surface area contributed by atoms with E-state index in [2.05, 4.69) is 10.1 Å². The Balaban J connectivity index is 1.46. The lowest BCUT2D eigenvalue weighted by Gasteiger charge is -2.05. The van der Waals surface area contributed by atoms with Gasteiger partial charge < -0.3 is 9.47 Å². The van der Waals surface area contributed by atoms with Gasteiger partial charge in [0.05, 0.1) is 11.6 Å². The van der Waals surface area contributed by atoms with Crippen molar-refractivity contribution in [3.8, 4) is 28.6 Å². The summed E-state index contributed by atoms with van der Waals surface area (Å²) in [6, 6.07) is 24.6. The van der Waals surface area contributed by atoms with Gasteiger partial charge in [-0.1, -0.05) is 41.7 Å². The number of benzene rings is 3. The van der Waals surface area contributed by atoms with E-state index in [1.807, 2.05) is 84.9 Å². The second kappa shape index (κ2) is 8.04. The molecule has 0 saturated carbocycles. The maximum atomic E-state index is 12.8. The largest absolute Gasteiger partial charge is 0.497 e. The fraction of sp³-hybridized carbons (Fsp3) is 0.0417. The second-order valence-corrected chi connectivity index (χ2v) is 7.77. The number of rotatable bonds is 5. The Morgan fingerprint density at radius 3 is 2.42 bits per heavy atom. The lowest BCUT2D eigenvalue weighted by Crippen LogP contribution is -2.23. The number of fused-ring (bicyclic) bond motifs is 1.